The molecular weight excluding hydrogens is 222 g/mol. The Kier molecular flexibility index (Phi) is 13.1. The van der Waals surface area contributed by atoms with E-state index in [-0.39, 0.29) is 24.9 Å². The molecule has 0 aromatic rings. The largest absolute Gasteiger partial charge is 0.361 e. The van der Waals surface area contributed by atoms with Crippen LogP contribution in [0.1, 0.15) is 13.8 Å². The van der Waals surface area contributed by atoms with Crippen molar-refractivity contribution in [1.29, 1.82) is 10.8 Å². The molecule has 1 N–H and O–H groups in total. The average molecular weight is 240 g/mol. The molecule has 7 heteroatoms. The summed E-state index contributed by atoms with van der Waals surface area (Å²) in [4.78, 5) is 0. The van der Waals surface area contributed by atoms with Crippen LogP contribution in [0.5, 0.6) is 0 Å². The van der Waals surface area contributed by atoms with E-state index in [1.54, 1.807) is 0 Å². The van der Waals surface area contributed by atoms with Crippen LogP contribution in [-0.2, 0) is 14.2 Å². The lowest BCUT2D eigenvalue weighted by Gasteiger charge is -2.29. The number of nitrogens with one attached hydrogen (secondary N) is 1. The number of ether oxygens (including phenoxy) is 3. The molecule has 2 atom stereocenters. The second kappa shape index (κ2) is 11.6. The predicted octanol–water partition coefficient (Wildman–Crippen LogP) is 0.783. The van der Waals surface area contributed by atoms with Gasteiger partial charge in [0.25, 0.3) is 0 Å². The lowest BCUT2D eigenvalue weighted by Crippen LogP contribution is -2.48. The minimum Gasteiger partial charge on any atom is -0.361 e. The van der Waals surface area contributed by atoms with Crippen molar-refractivity contribution in [3.63, 3.8) is 0 Å². The average Bonchev–Trinajstić information content (AvgIpc) is 2.25. The molecule has 1 aliphatic heterocycles. The van der Waals surface area contributed by atoms with Crippen LogP contribution in [0.2, 0.25) is 0 Å². The van der Waals surface area contributed by atoms with Gasteiger partial charge in [-0.05, 0) is 13.8 Å². The number of rotatable bonds is 4. The smallest absolute Gasteiger partial charge is 0.170 e. The lowest BCUT2D eigenvalue weighted by atomic mass is 10.4. The van der Waals surface area contributed by atoms with Gasteiger partial charge in [0, 0.05) is 30.5 Å². The summed E-state index contributed by atoms with van der Waals surface area (Å²) in [6.07, 6.45) is -0.0709. The van der Waals surface area contributed by atoms with Gasteiger partial charge >= 0.3 is 0 Å². The van der Waals surface area contributed by atoms with Crippen molar-refractivity contribution in [2.24, 2.45) is 0 Å². The zero-order valence-corrected chi connectivity index (χ0v) is 9.83. The van der Waals surface area contributed by atoms with E-state index >= 15 is 0 Å². The molecule has 1 saturated heterocycles. The summed E-state index contributed by atoms with van der Waals surface area (Å²) in [6, 6.07) is 0. The van der Waals surface area contributed by atoms with Crippen molar-refractivity contribution in [2.75, 3.05) is 26.4 Å². The SMILES string of the molecule is CCOC1COC(OCC)CN1.Cl.N#N. The van der Waals surface area contributed by atoms with Gasteiger partial charge in [0.05, 0.1) is 6.61 Å². The molecule has 0 aliphatic carbocycles. The van der Waals surface area contributed by atoms with Crippen LogP contribution < -0.4 is 5.32 Å². The molecule has 0 aromatic carbocycles. The van der Waals surface area contributed by atoms with Gasteiger partial charge in [0.1, 0.15) is 6.23 Å². The summed E-state index contributed by atoms with van der Waals surface area (Å²) < 4.78 is 16.0. The standard InChI is InChI=1S/C8H17NO3.ClH.N2/c1-3-10-7-6-12-8(5-9-7)11-4-2;;1-2/h7-9H,3-6H2,1-2H3;1H;. The molecule has 0 radical (unpaired) electrons. The van der Waals surface area contributed by atoms with Gasteiger partial charge in [-0.1, -0.05) is 0 Å². The Morgan fingerprint density at radius 3 is 2.27 bits per heavy atom. The molecule has 0 amide bonds. The number of nitrogens with zero attached hydrogens (tertiary/aromatic N) is 2. The van der Waals surface area contributed by atoms with Crippen molar-refractivity contribution >= 4 is 12.4 Å². The summed E-state index contributed by atoms with van der Waals surface area (Å²) in [7, 11) is 0. The molecule has 90 valence electrons. The number of morpholine rings is 1. The quantitative estimate of drug-likeness (QED) is 0.730. The monoisotopic (exact) mass is 239 g/mol. The van der Waals surface area contributed by atoms with Gasteiger partial charge in [0.2, 0.25) is 0 Å². The Hall–Kier alpha value is -0.450. The Bertz CT molecular complexity index is 137. The van der Waals surface area contributed by atoms with E-state index in [0.29, 0.717) is 26.4 Å². The molecule has 1 fully saturated rings. The number of hydrogen-bond acceptors (Lipinski definition) is 6. The fraction of sp³-hybridized carbons (Fsp3) is 1.00. The Labute approximate surface area is 96.1 Å². The van der Waals surface area contributed by atoms with E-state index in [0.717, 1.165) is 0 Å². The Morgan fingerprint density at radius 2 is 1.87 bits per heavy atom. The number of hydrogen-bond donors (Lipinski definition) is 1. The molecule has 0 saturated carbocycles. The third kappa shape index (κ3) is 7.48. The van der Waals surface area contributed by atoms with Gasteiger partial charge < -0.3 is 14.2 Å². The van der Waals surface area contributed by atoms with Crippen molar-refractivity contribution in [2.45, 2.75) is 26.4 Å². The van der Waals surface area contributed by atoms with E-state index in [1.165, 1.54) is 0 Å². The fourth-order valence-electron chi connectivity index (χ4n) is 1.14. The normalized spacial score (nSPS) is 24.5. The molecular formula is C8H18ClN3O3. The van der Waals surface area contributed by atoms with Crippen molar-refractivity contribution in [1.82, 2.24) is 5.32 Å². The first-order valence-electron chi connectivity index (χ1n) is 4.65. The van der Waals surface area contributed by atoms with Gasteiger partial charge in [0.15, 0.2) is 6.29 Å². The maximum Gasteiger partial charge on any atom is 0.170 e. The summed E-state index contributed by atoms with van der Waals surface area (Å²) in [5.41, 5.74) is 0. The van der Waals surface area contributed by atoms with E-state index in [2.05, 4.69) is 5.32 Å². The van der Waals surface area contributed by atoms with Crippen LogP contribution in [0, 0.1) is 10.8 Å². The molecule has 1 rings (SSSR count). The van der Waals surface area contributed by atoms with Crippen molar-refractivity contribution in [3.8, 4) is 0 Å². The second-order valence-corrected chi connectivity index (χ2v) is 2.57. The van der Waals surface area contributed by atoms with E-state index in [1.807, 2.05) is 13.8 Å². The first-order valence-corrected chi connectivity index (χ1v) is 4.65. The van der Waals surface area contributed by atoms with Gasteiger partial charge in [-0.2, -0.15) is 0 Å². The minimum atomic E-state index is -0.105. The molecule has 6 nitrogen and oxygen atoms in total. The topological polar surface area (TPSA) is 87.3 Å². The summed E-state index contributed by atoms with van der Waals surface area (Å²) >= 11 is 0. The van der Waals surface area contributed by atoms with E-state index in [9.17, 15) is 0 Å². The third-order valence-electron chi connectivity index (χ3n) is 1.67. The fourth-order valence-corrected chi connectivity index (χ4v) is 1.14. The van der Waals surface area contributed by atoms with Gasteiger partial charge in [-0.25, -0.2) is 0 Å². The molecule has 15 heavy (non-hydrogen) atoms. The van der Waals surface area contributed by atoms with Gasteiger partial charge in [-0.3, -0.25) is 5.32 Å². The van der Waals surface area contributed by atoms with Crippen LogP contribution >= 0.6 is 12.4 Å². The first kappa shape index (κ1) is 17.0. The summed E-state index contributed by atoms with van der Waals surface area (Å²) in [5, 5.41) is 15.2. The Morgan fingerprint density at radius 1 is 1.27 bits per heavy atom. The lowest BCUT2D eigenvalue weighted by molar-refractivity contribution is -0.191. The molecule has 2 unspecified atom stereocenters. The van der Waals surface area contributed by atoms with Crippen LogP contribution in [0.15, 0.2) is 0 Å². The Balaban J connectivity index is 0. The highest BCUT2D eigenvalue weighted by atomic mass is 35.5. The maximum absolute atomic E-state index is 6.00. The summed E-state index contributed by atoms with van der Waals surface area (Å²) in [6.45, 7) is 6.59. The zero-order chi connectivity index (χ0) is 10.8. The molecule has 0 aromatic heterocycles. The predicted molar refractivity (Wildman–Crippen MR) is 55.5 cm³/mol. The number of halogens is 1. The summed E-state index contributed by atoms with van der Waals surface area (Å²) in [5.74, 6) is 0. The first-order chi connectivity index (χ1) is 6.86. The zero-order valence-electron chi connectivity index (χ0n) is 9.01. The van der Waals surface area contributed by atoms with Crippen molar-refractivity contribution < 1.29 is 14.2 Å². The highest BCUT2D eigenvalue weighted by Gasteiger charge is 2.20. The minimum absolute atomic E-state index is 0. The van der Waals surface area contributed by atoms with Gasteiger partial charge in [-0.15, -0.1) is 12.4 Å². The van der Waals surface area contributed by atoms with Crippen molar-refractivity contribution in [3.05, 3.63) is 0 Å². The third-order valence-corrected chi connectivity index (χ3v) is 1.67. The molecule has 1 aliphatic rings. The molecule has 0 spiro atoms. The van der Waals surface area contributed by atoms with Crippen LogP contribution in [-0.4, -0.2) is 38.9 Å². The molecule has 1 heterocycles. The van der Waals surface area contributed by atoms with Crippen LogP contribution in [0.3, 0.4) is 0 Å². The van der Waals surface area contributed by atoms with Crippen LogP contribution in [0.25, 0.3) is 0 Å². The maximum atomic E-state index is 6.00. The van der Waals surface area contributed by atoms with Crippen LogP contribution in [0.4, 0.5) is 0 Å². The van der Waals surface area contributed by atoms with E-state index < -0.39 is 0 Å². The highest BCUT2D eigenvalue weighted by molar-refractivity contribution is 5.85. The van der Waals surface area contributed by atoms with E-state index in [4.69, 9.17) is 25.0 Å². The molecule has 0 bridgehead atoms. The highest BCUT2D eigenvalue weighted by Crippen LogP contribution is 2.03. The second-order valence-electron chi connectivity index (χ2n) is 2.57.